The zero-order valence-corrected chi connectivity index (χ0v) is 11.9. The zero-order chi connectivity index (χ0) is 14.3. The van der Waals surface area contributed by atoms with Gasteiger partial charge in [0.15, 0.2) is 0 Å². The molecule has 0 saturated carbocycles. The average molecular weight is 260 g/mol. The van der Waals surface area contributed by atoms with Crippen LogP contribution in [0.5, 0.6) is 0 Å². The Kier molecular flexibility index (Phi) is 6.91. The van der Waals surface area contributed by atoms with Crippen LogP contribution in [0.3, 0.4) is 0 Å². The molecule has 0 aromatic rings. The molecule has 0 saturated heterocycles. The molecule has 0 rings (SSSR count). The number of esters is 2. The first-order valence-corrected chi connectivity index (χ1v) is 6.24. The Bertz CT molecular complexity index is 280. The standard InChI is InChI=1S/C13H24O5/c1-6-17-10(15)8-9(14)11(13(3,4)5)12(16)18-7-2/h9,11,14H,6-8H2,1-5H3. The zero-order valence-electron chi connectivity index (χ0n) is 11.9. The van der Waals surface area contributed by atoms with E-state index in [1.54, 1.807) is 13.8 Å². The number of aliphatic hydroxyl groups is 1. The Morgan fingerprint density at radius 2 is 1.61 bits per heavy atom. The summed E-state index contributed by atoms with van der Waals surface area (Å²) in [4.78, 5) is 23.2. The van der Waals surface area contributed by atoms with Gasteiger partial charge in [0.05, 0.1) is 31.7 Å². The number of carbonyl (C=O) groups is 2. The molecule has 0 aromatic heterocycles. The number of aliphatic hydroxyl groups excluding tert-OH is 1. The Balaban J connectivity index is 4.76. The summed E-state index contributed by atoms with van der Waals surface area (Å²) in [5.41, 5.74) is -0.488. The Hall–Kier alpha value is -1.10. The highest BCUT2D eigenvalue weighted by molar-refractivity contribution is 5.76. The van der Waals surface area contributed by atoms with Crippen molar-refractivity contribution in [2.75, 3.05) is 13.2 Å². The maximum absolute atomic E-state index is 11.8. The van der Waals surface area contributed by atoms with Crippen LogP contribution in [-0.4, -0.2) is 36.4 Å². The monoisotopic (exact) mass is 260 g/mol. The fourth-order valence-corrected chi connectivity index (χ4v) is 1.83. The van der Waals surface area contributed by atoms with Crippen LogP contribution in [0.1, 0.15) is 41.0 Å². The van der Waals surface area contributed by atoms with Crippen molar-refractivity contribution in [3.8, 4) is 0 Å². The van der Waals surface area contributed by atoms with E-state index < -0.39 is 29.4 Å². The van der Waals surface area contributed by atoms with Gasteiger partial charge in [-0.1, -0.05) is 20.8 Å². The molecule has 0 bridgehead atoms. The molecule has 18 heavy (non-hydrogen) atoms. The van der Waals surface area contributed by atoms with E-state index in [-0.39, 0.29) is 19.6 Å². The second kappa shape index (κ2) is 7.36. The molecule has 0 heterocycles. The summed E-state index contributed by atoms with van der Waals surface area (Å²) in [5.74, 6) is -1.74. The van der Waals surface area contributed by atoms with E-state index in [1.165, 1.54) is 0 Å². The predicted octanol–water partition coefficient (Wildman–Crippen LogP) is 1.53. The van der Waals surface area contributed by atoms with Gasteiger partial charge in [0.1, 0.15) is 0 Å². The molecular weight excluding hydrogens is 236 g/mol. The maximum atomic E-state index is 11.8. The first-order valence-electron chi connectivity index (χ1n) is 6.24. The first-order chi connectivity index (χ1) is 8.23. The van der Waals surface area contributed by atoms with Crippen LogP contribution in [0.15, 0.2) is 0 Å². The third-order valence-corrected chi connectivity index (χ3v) is 2.54. The molecule has 5 nitrogen and oxygen atoms in total. The van der Waals surface area contributed by atoms with Crippen molar-refractivity contribution >= 4 is 11.9 Å². The van der Waals surface area contributed by atoms with E-state index in [0.29, 0.717) is 0 Å². The number of carbonyl (C=O) groups excluding carboxylic acids is 2. The van der Waals surface area contributed by atoms with Crippen LogP contribution < -0.4 is 0 Å². The van der Waals surface area contributed by atoms with Crippen LogP contribution in [0, 0.1) is 11.3 Å². The van der Waals surface area contributed by atoms with Gasteiger partial charge in [-0.3, -0.25) is 9.59 Å². The molecule has 0 spiro atoms. The lowest BCUT2D eigenvalue weighted by Gasteiger charge is -2.32. The number of hydrogen-bond donors (Lipinski definition) is 1. The van der Waals surface area contributed by atoms with Crippen molar-refractivity contribution < 1.29 is 24.2 Å². The molecule has 0 aliphatic rings. The van der Waals surface area contributed by atoms with Crippen LogP contribution in [0.25, 0.3) is 0 Å². The number of rotatable bonds is 6. The summed E-state index contributed by atoms with van der Waals surface area (Å²) in [6.45, 7) is 9.36. The highest BCUT2D eigenvalue weighted by atomic mass is 16.5. The minimum Gasteiger partial charge on any atom is -0.466 e. The molecule has 2 unspecified atom stereocenters. The van der Waals surface area contributed by atoms with Gasteiger partial charge in [-0.2, -0.15) is 0 Å². The summed E-state index contributed by atoms with van der Waals surface area (Å²) in [6, 6.07) is 0. The van der Waals surface area contributed by atoms with Crippen molar-refractivity contribution in [1.82, 2.24) is 0 Å². The van der Waals surface area contributed by atoms with E-state index in [9.17, 15) is 14.7 Å². The predicted molar refractivity (Wildman–Crippen MR) is 66.8 cm³/mol. The molecule has 106 valence electrons. The molecule has 0 amide bonds. The van der Waals surface area contributed by atoms with Crippen molar-refractivity contribution in [3.63, 3.8) is 0 Å². The minimum absolute atomic E-state index is 0.200. The lowest BCUT2D eigenvalue weighted by Crippen LogP contribution is -2.40. The SMILES string of the molecule is CCOC(=O)CC(O)C(C(=O)OCC)C(C)(C)C. The smallest absolute Gasteiger partial charge is 0.312 e. The van der Waals surface area contributed by atoms with Crippen LogP contribution in [0.4, 0.5) is 0 Å². The van der Waals surface area contributed by atoms with E-state index in [2.05, 4.69) is 0 Å². The highest BCUT2D eigenvalue weighted by Gasteiger charge is 2.39. The maximum Gasteiger partial charge on any atom is 0.312 e. The third-order valence-electron chi connectivity index (χ3n) is 2.54. The van der Waals surface area contributed by atoms with E-state index in [4.69, 9.17) is 9.47 Å². The van der Waals surface area contributed by atoms with E-state index in [1.807, 2.05) is 20.8 Å². The molecule has 1 N–H and O–H groups in total. The summed E-state index contributed by atoms with van der Waals surface area (Å²) < 4.78 is 9.71. The lowest BCUT2D eigenvalue weighted by atomic mass is 9.76. The van der Waals surface area contributed by atoms with Gasteiger partial charge in [-0.15, -0.1) is 0 Å². The number of ether oxygens (including phenoxy) is 2. The Morgan fingerprint density at radius 3 is 2.00 bits per heavy atom. The van der Waals surface area contributed by atoms with Gasteiger partial charge >= 0.3 is 11.9 Å². The molecule has 0 radical (unpaired) electrons. The van der Waals surface area contributed by atoms with Crippen molar-refractivity contribution in [3.05, 3.63) is 0 Å². The quantitative estimate of drug-likeness (QED) is 0.733. The Labute approximate surface area is 108 Å². The second-order valence-corrected chi connectivity index (χ2v) is 5.17. The molecular formula is C13H24O5. The van der Waals surface area contributed by atoms with E-state index in [0.717, 1.165) is 0 Å². The summed E-state index contributed by atoms with van der Waals surface area (Å²) in [5, 5.41) is 10.0. The van der Waals surface area contributed by atoms with Crippen molar-refractivity contribution in [2.45, 2.75) is 47.1 Å². The van der Waals surface area contributed by atoms with Gasteiger partial charge in [0.2, 0.25) is 0 Å². The minimum atomic E-state index is -1.09. The van der Waals surface area contributed by atoms with Gasteiger partial charge in [0, 0.05) is 0 Å². The summed E-state index contributed by atoms with van der Waals surface area (Å²) >= 11 is 0. The van der Waals surface area contributed by atoms with Crippen LogP contribution in [-0.2, 0) is 19.1 Å². The van der Waals surface area contributed by atoms with Gasteiger partial charge in [-0.05, 0) is 19.3 Å². The van der Waals surface area contributed by atoms with Crippen molar-refractivity contribution in [1.29, 1.82) is 0 Å². The van der Waals surface area contributed by atoms with Crippen LogP contribution >= 0.6 is 0 Å². The second-order valence-electron chi connectivity index (χ2n) is 5.17. The van der Waals surface area contributed by atoms with Gasteiger partial charge in [-0.25, -0.2) is 0 Å². The fourth-order valence-electron chi connectivity index (χ4n) is 1.83. The molecule has 0 aromatic carbocycles. The normalized spacial score (nSPS) is 14.8. The molecule has 0 aliphatic heterocycles. The third kappa shape index (κ3) is 5.49. The number of hydrogen-bond acceptors (Lipinski definition) is 5. The molecule has 5 heteroatoms. The highest BCUT2D eigenvalue weighted by Crippen LogP contribution is 2.31. The molecule has 0 aliphatic carbocycles. The average Bonchev–Trinajstić information content (AvgIpc) is 2.15. The summed E-state index contributed by atoms with van der Waals surface area (Å²) in [6.07, 6.45) is -1.29. The van der Waals surface area contributed by atoms with Crippen molar-refractivity contribution in [2.24, 2.45) is 11.3 Å². The largest absolute Gasteiger partial charge is 0.466 e. The van der Waals surface area contributed by atoms with E-state index >= 15 is 0 Å². The lowest BCUT2D eigenvalue weighted by molar-refractivity contribution is -0.160. The van der Waals surface area contributed by atoms with Crippen LogP contribution in [0.2, 0.25) is 0 Å². The van der Waals surface area contributed by atoms with Gasteiger partial charge < -0.3 is 14.6 Å². The topological polar surface area (TPSA) is 72.8 Å². The summed E-state index contributed by atoms with van der Waals surface area (Å²) in [7, 11) is 0. The fraction of sp³-hybridized carbons (Fsp3) is 0.846. The van der Waals surface area contributed by atoms with Gasteiger partial charge in [0.25, 0.3) is 0 Å². The molecule has 2 atom stereocenters. The Morgan fingerprint density at radius 1 is 1.11 bits per heavy atom. The first kappa shape index (κ1) is 16.9. The molecule has 0 fully saturated rings.